The second-order valence-corrected chi connectivity index (χ2v) is 9.70. The standard InChI is InChI=1S/C25H28O10/c1-7-16-21(29)34-23(6)11-18(32-19(27)13(2)12-31-15(4)26)25-14(3)20(28)33-17(25)10-22(5,30)8-9-24(16,23)35-25/h7,10,18,30H,2-3,8-9,11-12H2,1,4-6H3/b16-7+,17-10+/t18-,22+,23+,24+,25+/m0/s1. The minimum Gasteiger partial charge on any atom is -0.461 e. The number of ether oxygens (including phenoxy) is 5. The van der Waals surface area contributed by atoms with E-state index in [0.29, 0.717) is 0 Å². The van der Waals surface area contributed by atoms with Gasteiger partial charge in [0.25, 0.3) is 0 Å². The van der Waals surface area contributed by atoms with Crippen LogP contribution in [0.25, 0.3) is 0 Å². The molecule has 4 heterocycles. The van der Waals surface area contributed by atoms with Crippen LogP contribution in [0.1, 0.15) is 47.0 Å². The predicted octanol–water partition coefficient (Wildman–Crippen LogP) is 1.72. The Hall–Kier alpha value is -3.24. The van der Waals surface area contributed by atoms with E-state index in [2.05, 4.69) is 13.2 Å². The molecule has 10 heteroatoms. The van der Waals surface area contributed by atoms with Crippen molar-refractivity contribution < 1.29 is 48.0 Å². The third-order valence-electron chi connectivity index (χ3n) is 7.16. The number of hydrogen-bond donors (Lipinski definition) is 1. The van der Waals surface area contributed by atoms with E-state index in [1.165, 1.54) is 19.9 Å². The van der Waals surface area contributed by atoms with E-state index in [-0.39, 0.29) is 41.7 Å². The SMILES string of the molecule is C=C(COC(C)=O)C(=O)O[C@H]1C[C@@]2(C)OC(=O)/C(=C\C)[C@]23CC[C@@](C)(O)/C=C2/OC(=O)C(=C)[C@@]21O3. The van der Waals surface area contributed by atoms with E-state index in [9.17, 15) is 24.3 Å². The summed E-state index contributed by atoms with van der Waals surface area (Å²) in [7, 11) is 0. The number of aliphatic hydroxyl groups is 1. The summed E-state index contributed by atoms with van der Waals surface area (Å²) < 4.78 is 28.5. The second-order valence-electron chi connectivity index (χ2n) is 9.70. The fourth-order valence-electron chi connectivity index (χ4n) is 5.31. The highest BCUT2D eigenvalue weighted by Gasteiger charge is 2.75. The lowest BCUT2D eigenvalue weighted by Gasteiger charge is -2.55. The molecular weight excluding hydrogens is 460 g/mol. The van der Waals surface area contributed by atoms with Gasteiger partial charge in [-0.25, -0.2) is 14.4 Å². The molecule has 0 radical (unpaired) electrons. The molecule has 1 N–H and O–H groups in total. The molecule has 0 aliphatic carbocycles. The lowest BCUT2D eigenvalue weighted by Crippen LogP contribution is -2.68. The summed E-state index contributed by atoms with van der Waals surface area (Å²) in [6.07, 6.45) is 1.91. The van der Waals surface area contributed by atoms with Crippen LogP contribution in [0.4, 0.5) is 0 Å². The number of allylic oxidation sites excluding steroid dienone is 1. The Morgan fingerprint density at radius 2 is 1.94 bits per heavy atom. The van der Waals surface area contributed by atoms with Gasteiger partial charge in [-0.1, -0.05) is 19.2 Å². The first-order chi connectivity index (χ1) is 16.2. The average molecular weight is 488 g/mol. The molecule has 35 heavy (non-hydrogen) atoms. The number of esters is 4. The van der Waals surface area contributed by atoms with Crippen molar-refractivity contribution in [2.24, 2.45) is 0 Å². The molecule has 0 saturated carbocycles. The average Bonchev–Trinajstić information content (AvgIpc) is 3.11. The molecule has 0 aromatic carbocycles. The highest BCUT2D eigenvalue weighted by molar-refractivity contribution is 5.98. The third kappa shape index (κ3) is 3.54. The molecule has 2 bridgehead atoms. The van der Waals surface area contributed by atoms with Gasteiger partial charge in [-0.3, -0.25) is 4.79 Å². The summed E-state index contributed by atoms with van der Waals surface area (Å²) in [6.45, 7) is 13.1. The lowest BCUT2D eigenvalue weighted by molar-refractivity contribution is -0.265. The van der Waals surface area contributed by atoms with Gasteiger partial charge in [0.1, 0.15) is 29.7 Å². The normalized spacial score (nSPS) is 40.4. The predicted molar refractivity (Wildman–Crippen MR) is 118 cm³/mol. The van der Waals surface area contributed by atoms with Crippen molar-refractivity contribution in [3.8, 4) is 0 Å². The van der Waals surface area contributed by atoms with E-state index in [4.69, 9.17) is 23.7 Å². The minimum atomic E-state index is -1.83. The van der Waals surface area contributed by atoms with E-state index in [1.54, 1.807) is 19.9 Å². The van der Waals surface area contributed by atoms with Gasteiger partial charge in [-0.15, -0.1) is 0 Å². The van der Waals surface area contributed by atoms with Crippen LogP contribution in [-0.2, 0) is 42.9 Å². The summed E-state index contributed by atoms with van der Waals surface area (Å²) in [5.74, 6) is -3.04. The smallest absolute Gasteiger partial charge is 0.342 e. The fourth-order valence-corrected chi connectivity index (χ4v) is 5.31. The van der Waals surface area contributed by atoms with E-state index >= 15 is 0 Å². The Morgan fingerprint density at radius 1 is 1.26 bits per heavy atom. The van der Waals surface area contributed by atoms with Crippen molar-refractivity contribution in [1.82, 2.24) is 0 Å². The molecule has 3 fully saturated rings. The lowest BCUT2D eigenvalue weighted by atomic mass is 9.65. The maximum absolute atomic E-state index is 12.9. The third-order valence-corrected chi connectivity index (χ3v) is 7.16. The highest BCUT2D eigenvalue weighted by atomic mass is 16.7. The van der Waals surface area contributed by atoms with Gasteiger partial charge in [0.05, 0.1) is 22.3 Å². The summed E-state index contributed by atoms with van der Waals surface area (Å²) in [6, 6.07) is 0. The van der Waals surface area contributed by atoms with Crippen LogP contribution in [0.5, 0.6) is 0 Å². The minimum absolute atomic E-state index is 0.0716. The maximum Gasteiger partial charge on any atom is 0.342 e. The van der Waals surface area contributed by atoms with Crippen LogP contribution in [0, 0.1) is 0 Å². The number of carbonyl (C=O) groups is 4. The van der Waals surface area contributed by atoms with Crippen LogP contribution < -0.4 is 0 Å². The van der Waals surface area contributed by atoms with Gasteiger partial charge >= 0.3 is 23.9 Å². The molecule has 4 aliphatic rings. The molecule has 3 saturated heterocycles. The summed E-state index contributed by atoms with van der Waals surface area (Å²) in [4.78, 5) is 49.7. The Morgan fingerprint density at radius 3 is 2.57 bits per heavy atom. The van der Waals surface area contributed by atoms with E-state index < -0.39 is 59.0 Å². The van der Waals surface area contributed by atoms with Crippen molar-refractivity contribution in [3.05, 3.63) is 47.8 Å². The van der Waals surface area contributed by atoms with Gasteiger partial charge in [0.15, 0.2) is 5.60 Å². The first-order valence-corrected chi connectivity index (χ1v) is 11.2. The monoisotopic (exact) mass is 488 g/mol. The molecule has 4 rings (SSSR count). The van der Waals surface area contributed by atoms with Crippen molar-refractivity contribution in [1.29, 1.82) is 0 Å². The zero-order valence-electron chi connectivity index (χ0n) is 20.1. The maximum atomic E-state index is 12.9. The molecular formula is C25H28O10. The molecule has 2 spiro atoms. The highest BCUT2D eigenvalue weighted by Crippen LogP contribution is 2.61. The van der Waals surface area contributed by atoms with Crippen molar-refractivity contribution >= 4 is 23.9 Å². The van der Waals surface area contributed by atoms with Crippen LogP contribution >= 0.6 is 0 Å². The van der Waals surface area contributed by atoms with Crippen LogP contribution in [0.15, 0.2) is 47.8 Å². The summed E-state index contributed by atoms with van der Waals surface area (Å²) in [5, 5.41) is 11.1. The van der Waals surface area contributed by atoms with Crippen molar-refractivity contribution in [2.75, 3.05) is 6.61 Å². The number of hydrogen-bond acceptors (Lipinski definition) is 10. The quantitative estimate of drug-likeness (QED) is 0.354. The first-order valence-electron chi connectivity index (χ1n) is 11.2. The Labute approximate surface area is 202 Å². The Kier molecular flexibility index (Phi) is 5.61. The van der Waals surface area contributed by atoms with Crippen molar-refractivity contribution in [3.63, 3.8) is 0 Å². The molecule has 5 atom stereocenters. The number of rotatable bonds is 4. The van der Waals surface area contributed by atoms with E-state index in [0.717, 1.165) is 0 Å². The molecule has 10 nitrogen and oxygen atoms in total. The fraction of sp³-hybridized carbons (Fsp3) is 0.520. The second kappa shape index (κ2) is 7.89. The van der Waals surface area contributed by atoms with Crippen LogP contribution in [0.3, 0.4) is 0 Å². The molecule has 0 unspecified atom stereocenters. The molecule has 188 valence electrons. The Balaban J connectivity index is 1.87. The number of carbonyl (C=O) groups excluding carboxylic acids is 4. The summed E-state index contributed by atoms with van der Waals surface area (Å²) in [5.41, 5.74) is -6.08. The van der Waals surface area contributed by atoms with Gasteiger partial charge in [-0.2, -0.15) is 0 Å². The van der Waals surface area contributed by atoms with Gasteiger partial charge in [0, 0.05) is 13.3 Å². The largest absolute Gasteiger partial charge is 0.461 e. The molecule has 4 aliphatic heterocycles. The van der Waals surface area contributed by atoms with Crippen LogP contribution in [-0.4, -0.2) is 64.1 Å². The topological polar surface area (TPSA) is 135 Å². The molecule has 0 aromatic heterocycles. The van der Waals surface area contributed by atoms with Crippen LogP contribution in [0.2, 0.25) is 0 Å². The molecule has 0 amide bonds. The van der Waals surface area contributed by atoms with Gasteiger partial charge in [-0.05, 0) is 39.7 Å². The van der Waals surface area contributed by atoms with E-state index in [1.807, 2.05) is 0 Å². The summed E-state index contributed by atoms with van der Waals surface area (Å²) >= 11 is 0. The first kappa shape index (κ1) is 24.9. The zero-order valence-corrected chi connectivity index (χ0v) is 20.1. The van der Waals surface area contributed by atoms with Gasteiger partial charge in [0.2, 0.25) is 0 Å². The Bertz CT molecular complexity index is 1130. The van der Waals surface area contributed by atoms with Crippen molar-refractivity contribution in [2.45, 2.75) is 75.5 Å². The molecule has 0 aromatic rings. The zero-order chi connectivity index (χ0) is 26.0. The van der Waals surface area contributed by atoms with Gasteiger partial charge < -0.3 is 28.8 Å².